The molecule has 0 spiro atoms. The van der Waals surface area contributed by atoms with E-state index in [2.05, 4.69) is 28.2 Å². The lowest BCUT2D eigenvalue weighted by Gasteiger charge is -2.29. The average molecular weight is 487 g/mol. The second-order valence-electron chi connectivity index (χ2n) is 8.08. The van der Waals surface area contributed by atoms with Gasteiger partial charge in [0.05, 0.1) is 4.47 Å². The Morgan fingerprint density at radius 2 is 1.84 bits per heavy atom. The topological polar surface area (TPSA) is 58.6 Å². The summed E-state index contributed by atoms with van der Waals surface area (Å²) in [5.41, 5.74) is 2.17. The Hall–Kier alpha value is -2.34. The van der Waals surface area contributed by atoms with Gasteiger partial charge in [-0.2, -0.15) is 0 Å². The number of nitrogens with one attached hydrogen (secondary N) is 1. The second kappa shape index (κ2) is 11.3. The lowest BCUT2D eigenvalue weighted by molar-refractivity contribution is -0.142. The second-order valence-corrected chi connectivity index (χ2v) is 8.93. The molecule has 5 nitrogen and oxygen atoms in total. The zero-order valence-corrected chi connectivity index (χ0v) is 19.9. The van der Waals surface area contributed by atoms with Crippen LogP contribution in [0, 0.1) is 0 Å². The summed E-state index contributed by atoms with van der Waals surface area (Å²) in [5.74, 6) is 0.294. The highest BCUT2D eigenvalue weighted by atomic mass is 79.9. The Bertz CT molecular complexity index is 882. The largest absolute Gasteiger partial charge is 0.483 e. The summed E-state index contributed by atoms with van der Waals surface area (Å²) in [4.78, 5) is 27.6. The molecule has 6 heteroatoms. The Kier molecular flexibility index (Phi) is 8.52. The van der Waals surface area contributed by atoms with Crippen molar-refractivity contribution in [2.75, 3.05) is 6.61 Å². The van der Waals surface area contributed by atoms with Gasteiger partial charge in [-0.1, -0.05) is 56.2 Å². The van der Waals surface area contributed by atoms with Crippen LogP contribution in [0.2, 0.25) is 0 Å². The van der Waals surface area contributed by atoms with Gasteiger partial charge < -0.3 is 15.0 Å². The highest BCUT2D eigenvalue weighted by molar-refractivity contribution is 9.10. The first kappa shape index (κ1) is 23.3. The molecule has 1 atom stereocenters. The molecular weight excluding hydrogens is 456 g/mol. The minimum atomic E-state index is -0.581. The van der Waals surface area contributed by atoms with E-state index in [1.54, 1.807) is 11.8 Å². The molecule has 1 fully saturated rings. The number of ether oxygens (including phenoxy) is 1. The quantitative estimate of drug-likeness (QED) is 0.550. The van der Waals surface area contributed by atoms with Crippen LogP contribution in [0.5, 0.6) is 5.75 Å². The number of hydrogen-bond donors (Lipinski definition) is 1. The van der Waals surface area contributed by atoms with E-state index >= 15 is 0 Å². The zero-order valence-electron chi connectivity index (χ0n) is 18.3. The molecule has 2 aromatic carbocycles. The van der Waals surface area contributed by atoms with Crippen LogP contribution in [0.1, 0.15) is 50.7 Å². The maximum atomic E-state index is 13.1. The van der Waals surface area contributed by atoms with Crippen LogP contribution in [-0.4, -0.2) is 35.4 Å². The highest BCUT2D eigenvalue weighted by Gasteiger charge is 2.28. The smallest absolute Gasteiger partial charge is 0.261 e. The minimum Gasteiger partial charge on any atom is -0.483 e. The Balaban J connectivity index is 1.69. The Morgan fingerprint density at radius 1 is 1.13 bits per heavy atom. The third-order valence-electron chi connectivity index (χ3n) is 5.82. The van der Waals surface area contributed by atoms with Crippen LogP contribution < -0.4 is 10.1 Å². The molecule has 2 amide bonds. The lowest BCUT2D eigenvalue weighted by atomic mass is 10.1. The normalized spacial score (nSPS) is 14.8. The molecule has 3 rings (SSSR count). The monoisotopic (exact) mass is 486 g/mol. The first-order valence-corrected chi connectivity index (χ1v) is 11.8. The van der Waals surface area contributed by atoms with E-state index in [-0.39, 0.29) is 24.5 Å². The van der Waals surface area contributed by atoms with Gasteiger partial charge in [-0.05, 0) is 65.4 Å². The van der Waals surface area contributed by atoms with Crippen molar-refractivity contribution in [2.45, 2.75) is 64.6 Å². The predicted molar refractivity (Wildman–Crippen MR) is 126 cm³/mol. The molecule has 0 unspecified atom stereocenters. The fourth-order valence-corrected chi connectivity index (χ4v) is 4.40. The van der Waals surface area contributed by atoms with Crippen LogP contribution in [0.3, 0.4) is 0 Å². The molecule has 1 aliphatic rings. The summed E-state index contributed by atoms with van der Waals surface area (Å²) < 4.78 is 6.63. The van der Waals surface area contributed by atoms with Gasteiger partial charge in [0.25, 0.3) is 5.91 Å². The number of nitrogens with zero attached hydrogens (tertiary/aromatic N) is 1. The molecule has 0 bridgehead atoms. The molecule has 0 aliphatic heterocycles. The number of rotatable bonds is 9. The van der Waals surface area contributed by atoms with Crippen molar-refractivity contribution in [3.8, 4) is 5.75 Å². The summed E-state index contributed by atoms with van der Waals surface area (Å²) in [6.45, 7) is 4.11. The highest BCUT2D eigenvalue weighted by Crippen LogP contribution is 2.26. The van der Waals surface area contributed by atoms with Gasteiger partial charge >= 0.3 is 0 Å². The molecule has 31 heavy (non-hydrogen) atoms. The van der Waals surface area contributed by atoms with Gasteiger partial charge in [0, 0.05) is 12.6 Å². The van der Waals surface area contributed by atoms with Crippen molar-refractivity contribution in [3.63, 3.8) is 0 Å². The van der Waals surface area contributed by atoms with Crippen LogP contribution in [-0.2, 0) is 22.6 Å². The number of carbonyl (C=O) groups excluding carboxylic acids is 2. The maximum Gasteiger partial charge on any atom is 0.261 e. The van der Waals surface area contributed by atoms with Crippen molar-refractivity contribution < 1.29 is 14.3 Å². The Morgan fingerprint density at radius 3 is 2.48 bits per heavy atom. The van der Waals surface area contributed by atoms with Gasteiger partial charge in [0.15, 0.2) is 6.61 Å². The summed E-state index contributed by atoms with van der Waals surface area (Å²) in [7, 11) is 0. The molecule has 0 saturated heterocycles. The predicted octanol–water partition coefficient (Wildman–Crippen LogP) is 4.87. The van der Waals surface area contributed by atoms with Crippen molar-refractivity contribution in [2.24, 2.45) is 0 Å². The fraction of sp³-hybridized carbons (Fsp3) is 0.440. The third kappa shape index (κ3) is 6.57. The molecule has 0 radical (unpaired) electrons. The third-order valence-corrected chi connectivity index (χ3v) is 6.44. The van der Waals surface area contributed by atoms with E-state index in [9.17, 15) is 9.59 Å². The summed E-state index contributed by atoms with van der Waals surface area (Å²) in [6, 6.07) is 15.2. The number of halogens is 1. The van der Waals surface area contributed by atoms with Crippen LogP contribution in [0.15, 0.2) is 53.0 Å². The SMILES string of the molecule is CCc1ccc(OCC(=O)N(Cc2ccccc2)[C@H](C)C(=O)NC2CCCC2)c(Br)c1. The van der Waals surface area contributed by atoms with E-state index in [0.717, 1.165) is 42.1 Å². The first-order chi connectivity index (χ1) is 15.0. The maximum absolute atomic E-state index is 13.1. The molecule has 166 valence electrons. The molecule has 0 aromatic heterocycles. The standard InChI is InChI=1S/C25H31BrN2O3/c1-3-19-13-14-23(22(26)15-19)31-17-24(29)28(16-20-9-5-4-6-10-20)18(2)25(30)27-21-11-7-8-12-21/h4-6,9-10,13-15,18,21H,3,7-8,11-12,16-17H2,1-2H3,(H,27,30)/t18-/m1/s1. The van der Waals surface area contributed by atoms with Crippen LogP contribution >= 0.6 is 15.9 Å². The van der Waals surface area contributed by atoms with Crippen molar-refractivity contribution in [1.29, 1.82) is 0 Å². The van der Waals surface area contributed by atoms with Crippen molar-refractivity contribution in [1.82, 2.24) is 10.2 Å². The minimum absolute atomic E-state index is 0.107. The number of aryl methyl sites for hydroxylation is 1. The summed E-state index contributed by atoms with van der Waals surface area (Å²) >= 11 is 3.52. The number of hydrogen-bond acceptors (Lipinski definition) is 3. The van der Waals surface area contributed by atoms with Gasteiger partial charge in [0.1, 0.15) is 11.8 Å². The van der Waals surface area contributed by atoms with E-state index in [0.29, 0.717) is 12.3 Å². The average Bonchev–Trinajstić information content (AvgIpc) is 3.29. The van der Waals surface area contributed by atoms with Gasteiger partial charge in [-0.15, -0.1) is 0 Å². The molecule has 2 aromatic rings. The van der Waals surface area contributed by atoms with Crippen molar-refractivity contribution >= 4 is 27.7 Å². The van der Waals surface area contributed by atoms with E-state index < -0.39 is 6.04 Å². The molecule has 1 N–H and O–H groups in total. The van der Waals surface area contributed by atoms with E-state index in [1.165, 1.54) is 5.56 Å². The van der Waals surface area contributed by atoms with Crippen LogP contribution in [0.4, 0.5) is 0 Å². The van der Waals surface area contributed by atoms with Crippen molar-refractivity contribution in [3.05, 3.63) is 64.1 Å². The van der Waals surface area contributed by atoms with E-state index in [1.807, 2.05) is 48.5 Å². The van der Waals surface area contributed by atoms with Gasteiger partial charge in [-0.3, -0.25) is 9.59 Å². The molecule has 1 saturated carbocycles. The lowest BCUT2D eigenvalue weighted by Crippen LogP contribution is -2.50. The summed E-state index contributed by atoms with van der Waals surface area (Å²) in [5, 5.41) is 3.11. The fourth-order valence-electron chi connectivity index (χ4n) is 3.86. The van der Waals surface area contributed by atoms with Gasteiger partial charge in [-0.25, -0.2) is 0 Å². The first-order valence-electron chi connectivity index (χ1n) is 11.0. The van der Waals surface area contributed by atoms with Crippen LogP contribution in [0.25, 0.3) is 0 Å². The Labute approximate surface area is 193 Å². The van der Waals surface area contributed by atoms with Gasteiger partial charge in [0.2, 0.25) is 5.91 Å². The molecular formula is C25H31BrN2O3. The van der Waals surface area contributed by atoms with E-state index in [4.69, 9.17) is 4.74 Å². The zero-order chi connectivity index (χ0) is 22.2. The number of benzene rings is 2. The molecule has 0 heterocycles. The summed E-state index contributed by atoms with van der Waals surface area (Å²) in [6.07, 6.45) is 5.24. The molecule has 1 aliphatic carbocycles. The number of amides is 2. The number of carbonyl (C=O) groups is 2.